The molecule has 0 aromatic heterocycles. The lowest BCUT2D eigenvalue weighted by Crippen LogP contribution is -2.41. The molecular formula is C12H22O3Si. The fourth-order valence-corrected chi connectivity index (χ4v) is 2.55. The van der Waals surface area contributed by atoms with Crippen LogP contribution in [0.5, 0.6) is 0 Å². The molecule has 0 aliphatic carbocycles. The van der Waals surface area contributed by atoms with Gasteiger partial charge in [-0.25, -0.2) is 4.79 Å². The van der Waals surface area contributed by atoms with Crippen LogP contribution in [0.15, 0.2) is 12.2 Å². The zero-order chi connectivity index (χ0) is 12.0. The number of carbonyl (C=O) groups is 1. The number of rotatable bonds is 5. The van der Waals surface area contributed by atoms with Crippen LogP contribution in [0.2, 0.25) is 0 Å². The topological polar surface area (TPSA) is 35.5 Å². The zero-order valence-electron chi connectivity index (χ0n) is 10.4. The van der Waals surface area contributed by atoms with Crippen LogP contribution >= 0.6 is 0 Å². The molecule has 1 fully saturated rings. The standard InChI is InChI=1S/C12H22O3Si/c1-3-4-8-14-11(13)10(2)12(16)7-5-6-9-15-12/h2-9H2,1,16H3. The molecule has 16 heavy (non-hydrogen) atoms. The van der Waals surface area contributed by atoms with Crippen LogP contribution in [0.3, 0.4) is 0 Å². The van der Waals surface area contributed by atoms with Crippen LogP contribution in [0.25, 0.3) is 0 Å². The highest BCUT2D eigenvalue weighted by molar-refractivity contribution is 6.20. The Bertz CT molecular complexity index is 257. The largest absolute Gasteiger partial charge is 0.462 e. The van der Waals surface area contributed by atoms with Gasteiger partial charge in [-0.05, 0) is 25.7 Å². The van der Waals surface area contributed by atoms with E-state index in [0.29, 0.717) is 12.2 Å². The summed E-state index contributed by atoms with van der Waals surface area (Å²) in [6, 6.07) is 0. The fourth-order valence-electron chi connectivity index (χ4n) is 1.78. The maximum absolute atomic E-state index is 11.7. The van der Waals surface area contributed by atoms with Crippen LogP contribution in [-0.2, 0) is 14.3 Å². The Morgan fingerprint density at radius 1 is 1.56 bits per heavy atom. The lowest BCUT2D eigenvalue weighted by molar-refractivity contribution is -0.141. The summed E-state index contributed by atoms with van der Waals surface area (Å²) in [6.07, 6.45) is 5.06. The van der Waals surface area contributed by atoms with Crippen molar-refractivity contribution in [2.45, 2.75) is 44.3 Å². The monoisotopic (exact) mass is 242 g/mol. The minimum absolute atomic E-state index is 0.273. The lowest BCUT2D eigenvalue weighted by Gasteiger charge is -2.34. The molecule has 3 nitrogen and oxygen atoms in total. The number of hydrogen-bond donors (Lipinski definition) is 0. The summed E-state index contributed by atoms with van der Waals surface area (Å²) in [5.41, 5.74) is 0.523. The number of ether oxygens (including phenoxy) is 2. The Labute approximate surface area is 101 Å². The highest BCUT2D eigenvalue weighted by Crippen LogP contribution is 2.28. The quantitative estimate of drug-likeness (QED) is 0.314. The molecule has 0 bridgehead atoms. The van der Waals surface area contributed by atoms with Gasteiger partial charge in [-0.3, -0.25) is 0 Å². The highest BCUT2D eigenvalue weighted by Gasteiger charge is 2.35. The molecule has 0 N–H and O–H groups in total. The molecule has 1 aliphatic rings. The van der Waals surface area contributed by atoms with E-state index in [2.05, 4.69) is 13.5 Å². The number of esters is 1. The van der Waals surface area contributed by atoms with Crippen LogP contribution in [-0.4, -0.2) is 34.6 Å². The summed E-state index contributed by atoms with van der Waals surface area (Å²) in [4.78, 5) is 11.7. The van der Waals surface area contributed by atoms with Crippen molar-refractivity contribution in [2.24, 2.45) is 0 Å². The Balaban J connectivity index is 2.45. The van der Waals surface area contributed by atoms with Gasteiger partial charge in [0, 0.05) is 16.8 Å². The van der Waals surface area contributed by atoms with Crippen molar-refractivity contribution in [3.8, 4) is 0 Å². The second-order valence-corrected chi connectivity index (χ2v) is 6.12. The fraction of sp³-hybridized carbons (Fsp3) is 0.750. The molecule has 0 radical (unpaired) electrons. The van der Waals surface area contributed by atoms with Gasteiger partial charge in [0.1, 0.15) is 0 Å². The summed E-state index contributed by atoms with van der Waals surface area (Å²) in [5.74, 6) is -0.273. The first-order valence-electron chi connectivity index (χ1n) is 6.10. The van der Waals surface area contributed by atoms with Crippen molar-refractivity contribution in [1.82, 2.24) is 0 Å². The molecule has 1 atom stereocenters. The average molecular weight is 242 g/mol. The van der Waals surface area contributed by atoms with E-state index >= 15 is 0 Å². The Morgan fingerprint density at radius 3 is 2.88 bits per heavy atom. The number of carbonyl (C=O) groups excluding carboxylic acids is 1. The predicted octanol–water partition coefficient (Wildman–Crippen LogP) is 1.15. The first-order valence-corrected chi connectivity index (χ1v) is 7.10. The molecule has 1 aliphatic heterocycles. The summed E-state index contributed by atoms with van der Waals surface area (Å²) in [6.45, 7) is 7.17. The molecule has 0 aromatic carbocycles. The molecule has 0 amide bonds. The van der Waals surface area contributed by atoms with E-state index in [0.717, 1.165) is 49.0 Å². The van der Waals surface area contributed by atoms with Gasteiger partial charge in [-0.15, -0.1) is 0 Å². The molecule has 0 saturated carbocycles. The van der Waals surface area contributed by atoms with Gasteiger partial charge in [0.05, 0.1) is 17.4 Å². The Kier molecular flexibility index (Phi) is 5.22. The number of hydrogen-bond acceptors (Lipinski definition) is 3. The summed E-state index contributed by atoms with van der Waals surface area (Å²) < 4.78 is 10.9. The van der Waals surface area contributed by atoms with Crippen molar-refractivity contribution in [3.05, 3.63) is 12.2 Å². The summed E-state index contributed by atoms with van der Waals surface area (Å²) in [5, 5.41) is -0.373. The molecule has 0 spiro atoms. The third-order valence-electron chi connectivity index (χ3n) is 3.08. The van der Waals surface area contributed by atoms with Gasteiger partial charge in [0.25, 0.3) is 0 Å². The third-order valence-corrected chi connectivity index (χ3v) is 4.48. The van der Waals surface area contributed by atoms with Crippen molar-refractivity contribution in [2.75, 3.05) is 13.2 Å². The van der Waals surface area contributed by atoms with Crippen molar-refractivity contribution in [1.29, 1.82) is 0 Å². The van der Waals surface area contributed by atoms with Crippen molar-refractivity contribution < 1.29 is 14.3 Å². The van der Waals surface area contributed by atoms with Crippen LogP contribution < -0.4 is 0 Å². The van der Waals surface area contributed by atoms with E-state index in [-0.39, 0.29) is 11.2 Å². The van der Waals surface area contributed by atoms with E-state index < -0.39 is 0 Å². The normalized spacial score (nSPS) is 25.3. The van der Waals surface area contributed by atoms with Crippen LogP contribution in [0, 0.1) is 0 Å². The molecule has 1 unspecified atom stereocenters. The second kappa shape index (κ2) is 6.20. The predicted molar refractivity (Wildman–Crippen MR) is 67.5 cm³/mol. The van der Waals surface area contributed by atoms with Gasteiger partial charge in [-0.2, -0.15) is 0 Å². The summed E-state index contributed by atoms with van der Waals surface area (Å²) in [7, 11) is 0.799. The van der Waals surface area contributed by atoms with Gasteiger partial charge in [-0.1, -0.05) is 19.9 Å². The lowest BCUT2D eigenvalue weighted by atomic mass is 10.0. The first-order chi connectivity index (χ1) is 7.60. The van der Waals surface area contributed by atoms with Crippen LogP contribution in [0.1, 0.15) is 39.0 Å². The van der Waals surface area contributed by atoms with E-state index in [9.17, 15) is 4.79 Å². The zero-order valence-corrected chi connectivity index (χ0v) is 12.4. The number of unbranched alkanes of at least 4 members (excludes halogenated alkanes) is 1. The van der Waals surface area contributed by atoms with Crippen LogP contribution in [0.4, 0.5) is 0 Å². The maximum Gasteiger partial charge on any atom is 0.335 e. The summed E-state index contributed by atoms with van der Waals surface area (Å²) >= 11 is 0. The third kappa shape index (κ3) is 3.45. The van der Waals surface area contributed by atoms with Gasteiger partial charge in [0.15, 0.2) is 0 Å². The first kappa shape index (κ1) is 13.5. The van der Waals surface area contributed by atoms with Gasteiger partial charge in [0.2, 0.25) is 0 Å². The second-order valence-electron chi connectivity index (χ2n) is 4.50. The Hall–Kier alpha value is -0.613. The van der Waals surface area contributed by atoms with Gasteiger partial charge >= 0.3 is 5.97 Å². The average Bonchev–Trinajstić information content (AvgIpc) is 2.29. The molecular weight excluding hydrogens is 220 g/mol. The highest BCUT2D eigenvalue weighted by atomic mass is 28.1. The minimum atomic E-state index is -0.373. The van der Waals surface area contributed by atoms with Crippen molar-refractivity contribution in [3.63, 3.8) is 0 Å². The molecule has 0 aromatic rings. The molecule has 1 heterocycles. The Morgan fingerprint density at radius 2 is 2.31 bits per heavy atom. The maximum atomic E-state index is 11.7. The SMILES string of the molecule is C=C(C(=O)OCCCC)C1([SiH3])CCCCO1. The molecule has 1 saturated heterocycles. The van der Waals surface area contributed by atoms with E-state index in [1.807, 2.05) is 0 Å². The van der Waals surface area contributed by atoms with E-state index in [4.69, 9.17) is 9.47 Å². The molecule has 1 rings (SSSR count). The van der Waals surface area contributed by atoms with E-state index in [1.54, 1.807) is 0 Å². The van der Waals surface area contributed by atoms with E-state index in [1.165, 1.54) is 0 Å². The molecule has 4 heteroatoms. The van der Waals surface area contributed by atoms with Crippen molar-refractivity contribution >= 4 is 16.2 Å². The molecule has 92 valence electrons. The van der Waals surface area contributed by atoms with Gasteiger partial charge < -0.3 is 9.47 Å². The smallest absolute Gasteiger partial charge is 0.335 e. The minimum Gasteiger partial charge on any atom is -0.462 e.